The molecule has 1 saturated heterocycles. The van der Waals surface area contributed by atoms with Crippen LogP contribution in [0.4, 0.5) is 0 Å². The number of amides is 3. The predicted octanol–water partition coefficient (Wildman–Crippen LogP) is 2.39. The lowest BCUT2D eigenvalue weighted by molar-refractivity contribution is -0.157. The molecule has 3 amide bonds. The topological polar surface area (TPSA) is 150 Å². The van der Waals surface area contributed by atoms with Gasteiger partial charge in [0.2, 0.25) is 11.8 Å². The molecule has 11 nitrogen and oxygen atoms in total. The number of hydrazine groups is 1. The van der Waals surface area contributed by atoms with Crippen molar-refractivity contribution in [3.05, 3.63) is 47.7 Å². The van der Waals surface area contributed by atoms with Crippen molar-refractivity contribution >= 4 is 40.7 Å². The van der Waals surface area contributed by atoms with Gasteiger partial charge >= 0.3 is 5.97 Å². The number of hydrogen-bond donors (Lipinski definition) is 4. The van der Waals surface area contributed by atoms with E-state index in [1.54, 1.807) is 40.7 Å². The number of esters is 1. The molecule has 2 aromatic rings. The van der Waals surface area contributed by atoms with Crippen molar-refractivity contribution in [1.29, 1.82) is 0 Å². The van der Waals surface area contributed by atoms with E-state index in [9.17, 15) is 24.3 Å². The summed E-state index contributed by atoms with van der Waals surface area (Å²) in [5.41, 5.74) is 5.16. The molecule has 4 N–H and O–H groups in total. The molecule has 3 rings (SSSR count). The number of carbonyl (C=O) groups is 4. The molecule has 5 atom stereocenters. The first-order chi connectivity index (χ1) is 19.3. The Morgan fingerprint density at radius 1 is 1.10 bits per heavy atom. The number of pyridine rings is 1. The summed E-state index contributed by atoms with van der Waals surface area (Å²) >= 11 is 0. The summed E-state index contributed by atoms with van der Waals surface area (Å²) in [5, 5.41) is 17.0. The summed E-state index contributed by atoms with van der Waals surface area (Å²) in [5.74, 6) is -1.86. The van der Waals surface area contributed by atoms with Crippen molar-refractivity contribution in [3.8, 4) is 0 Å². The third-order valence-corrected chi connectivity index (χ3v) is 6.79. The van der Waals surface area contributed by atoms with Crippen LogP contribution < -0.4 is 16.1 Å². The Morgan fingerprint density at radius 2 is 1.80 bits per heavy atom. The molecule has 222 valence electrons. The molecule has 1 aliphatic heterocycles. The highest BCUT2D eigenvalue weighted by molar-refractivity contribution is 5.92. The van der Waals surface area contributed by atoms with Gasteiger partial charge in [0, 0.05) is 18.9 Å². The number of nitrogens with one attached hydrogen (secondary N) is 3. The van der Waals surface area contributed by atoms with E-state index < -0.39 is 48.1 Å². The Balaban J connectivity index is 1.61. The van der Waals surface area contributed by atoms with E-state index in [2.05, 4.69) is 21.0 Å². The van der Waals surface area contributed by atoms with Gasteiger partial charge in [0.1, 0.15) is 24.2 Å². The third kappa shape index (κ3) is 8.83. The molecule has 1 aliphatic rings. The van der Waals surface area contributed by atoms with Gasteiger partial charge in [-0.2, -0.15) is 0 Å². The first-order valence-corrected chi connectivity index (χ1v) is 14.0. The van der Waals surface area contributed by atoms with Gasteiger partial charge in [0.15, 0.2) is 0 Å². The van der Waals surface area contributed by atoms with Crippen molar-refractivity contribution in [2.24, 2.45) is 5.92 Å². The second-order valence-corrected chi connectivity index (χ2v) is 10.8. The molecule has 1 aromatic heterocycles. The maximum Gasteiger partial charge on any atom is 0.325 e. The molecular formula is C30H41N5O6. The van der Waals surface area contributed by atoms with E-state index in [0.717, 1.165) is 16.5 Å². The number of carbonyl (C=O) groups excluding carboxylic acids is 4. The van der Waals surface area contributed by atoms with Gasteiger partial charge in [-0.1, -0.05) is 44.2 Å². The predicted molar refractivity (Wildman–Crippen MR) is 155 cm³/mol. The molecule has 41 heavy (non-hydrogen) atoms. The highest BCUT2D eigenvalue weighted by Crippen LogP contribution is 2.22. The summed E-state index contributed by atoms with van der Waals surface area (Å²) in [6.07, 6.45) is 3.38. The Labute approximate surface area is 240 Å². The molecule has 0 aliphatic carbocycles. The standard InChI is InChI=1S/C30H41N5O6/c1-17(2)27(32-21(6)37)28(38)31-19(4)29(39)35-15-7-8-25(34-35)30(40)41-20(5)24-14-13-23-12-11-22(10-9-18(3)36)16-26(23)33-24/h9-14,16-20,25,27,34,36H,7-8,15H2,1-6H3,(H,31,38)(H,32,37)/b10-9+/t18?,19-,20+,25-,27-/m0/s1. The smallest absolute Gasteiger partial charge is 0.325 e. The number of aliphatic hydroxyl groups is 1. The van der Waals surface area contributed by atoms with Gasteiger partial charge in [-0.25, -0.2) is 10.4 Å². The van der Waals surface area contributed by atoms with Gasteiger partial charge in [-0.15, -0.1) is 0 Å². The second-order valence-electron chi connectivity index (χ2n) is 10.8. The van der Waals surface area contributed by atoms with Gasteiger partial charge in [0.05, 0.1) is 17.3 Å². The van der Waals surface area contributed by atoms with Crippen LogP contribution in [0.3, 0.4) is 0 Å². The second kappa shape index (κ2) is 14.2. The van der Waals surface area contributed by atoms with Crippen LogP contribution in [0.2, 0.25) is 0 Å². The average molecular weight is 568 g/mol. The first kappa shape index (κ1) is 31.7. The quantitative estimate of drug-likeness (QED) is 0.320. The third-order valence-electron chi connectivity index (χ3n) is 6.79. The van der Waals surface area contributed by atoms with E-state index in [0.29, 0.717) is 25.1 Å². The van der Waals surface area contributed by atoms with Crippen LogP contribution in [0.1, 0.15) is 71.7 Å². The minimum absolute atomic E-state index is 0.165. The summed E-state index contributed by atoms with van der Waals surface area (Å²) in [6, 6.07) is 7.12. The van der Waals surface area contributed by atoms with Crippen LogP contribution in [0, 0.1) is 5.92 Å². The molecule has 0 bridgehead atoms. The van der Waals surface area contributed by atoms with Crippen molar-refractivity contribution < 1.29 is 29.0 Å². The largest absolute Gasteiger partial charge is 0.455 e. The molecular weight excluding hydrogens is 526 g/mol. The molecule has 2 heterocycles. The maximum absolute atomic E-state index is 13.1. The van der Waals surface area contributed by atoms with Crippen molar-refractivity contribution in [1.82, 2.24) is 26.1 Å². The molecule has 11 heteroatoms. The molecule has 1 fully saturated rings. The van der Waals surface area contributed by atoms with Crippen LogP contribution >= 0.6 is 0 Å². The lowest BCUT2D eigenvalue weighted by Gasteiger charge is -2.35. The molecule has 1 aromatic carbocycles. The number of fused-ring (bicyclic) bond motifs is 1. The Hall–Kier alpha value is -3.83. The fraction of sp³-hybridized carbons (Fsp3) is 0.500. The minimum atomic E-state index is -0.874. The zero-order valence-electron chi connectivity index (χ0n) is 24.5. The lowest BCUT2D eigenvalue weighted by atomic mass is 10.0. The number of hydrogen-bond acceptors (Lipinski definition) is 8. The number of nitrogens with zero attached hydrogens (tertiary/aromatic N) is 2. The fourth-order valence-electron chi connectivity index (χ4n) is 4.51. The number of aliphatic hydroxyl groups excluding tert-OH is 1. The minimum Gasteiger partial charge on any atom is -0.455 e. The van der Waals surface area contributed by atoms with E-state index in [1.165, 1.54) is 11.9 Å². The van der Waals surface area contributed by atoms with Crippen molar-refractivity contribution in [2.75, 3.05) is 6.54 Å². The first-order valence-electron chi connectivity index (χ1n) is 14.0. The normalized spacial score (nSPS) is 18.5. The fourth-order valence-corrected chi connectivity index (χ4v) is 4.51. The SMILES string of the molecule is CC(=O)N[C@H](C(=O)N[C@@H](C)C(=O)N1CCC[C@@H](C(=O)O[C@H](C)c2ccc3ccc(/C=C/C(C)O)cc3n2)N1)C(C)C. The molecule has 0 saturated carbocycles. The highest BCUT2D eigenvalue weighted by atomic mass is 16.5. The molecule has 0 radical (unpaired) electrons. The van der Waals surface area contributed by atoms with Crippen LogP contribution in [0.25, 0.3) is 17.0 Å². The van der Waals surface area contributed by atoms with Gasteiger partial charge in [0.25, 0.3) is 5.91 Å². The monoisotopic (exact) mass is 567 g/mol. The summed E-state index contributed by atoms with van der Waals surface area (Å²) in [6.45, 7) is 10.3. The summed E-state index contributed by atoms with van der Waals surface area (Å²) < 4.78 is 5.72. The van der Waals surface area contributed by atoms with Gasteiger partial charge < -0.3 is 20.5 Å². The number of ether oxygens (including phenoxy) is 1. The van der Waals surface area contributed by atoms with Crippen LogP contribution in [0.5, 0.6) is 0 Å². The Bertz CT molecular complexity index is 1290. The Kier molecular flexibility index (Phi) is 11.0. The lowest BCUT2D eigenvalue weighted by Crippen LogP contribution is -2.60. The zero-order chi connectivity index (χ0) is 30.3. The van der Waals surface area contributed by atoms with Crippen LogP contribution in [-0.2, 0) is 23.9 Å². The number of rotatable bonds is 10. The van der Waals surface area contributed by atoms with E-state index in [4.69, 9.17) is 4.74 Å². The van der Waals surface area contributed by atoms with Gasteiger partial charge in [-0.3, -0.25) is 24.2 Å². The number of aromatic nitrogens is 1. The highest BCUT2D eigenvalue weighted by Gasteiger charge is 2.33. The van der Waals surface area contributed by atoms with Crippen molar-refractivity contribution in [2.45, 2.75) is 84.7 Å². The zero-order valence-corrected chi connectivity index (χ0v) is 24.5. The maximum atomic E-state index is 13.1. The average Bonchev–Trinajstić information content (AvgIpc) is 2.93. The molecule has 0 spiro atoms. The van der Waals surface area contributed by atoms with Crippen molar-refractivity contribution in [3.63, 3.8) is 0 Å². The number of benzene rings is 1. The van der Waals surface area contributed by atoms with E-state index >= 15 is 0 Å². The molecule has 1 unspecified atom stereocenters. The van der Waals surface area contributed by atoms with E-state index in [-0.39, 0.29) is 11.8 Å². The van der Waals surface area contributed by atoms with Crippen LogP contribution in [-0.4, -0.2) is 69.6 Å². The van der Waals surface area contributed by atoms with Gasteiger partial charge in [-0.05, 0) is 57.2 Å². The Morgan fingerprint density at radius 3 is 2.46 bits per heavy atom. The van der Waals surface area contributed by atoms with Crippen LogP contribution in [0.15, 0.2) is 36.4 Å². The van der Waals surface area contributed by atoms with E-state index in [1.807, 2.05) is 36.4 Å². The summed E-state index contributed by atoms with van der Waals surface area (Å²) in [4.78, 5) is 55.0. The summed E-state index contributed by atoms with van der Waals surface area (Å²) in [7, 11) is 0.